The Kier molecular flexibility index (Phi) is 4.67. The molecule has 2 unspecified atom stereocenters. The molecule has 0 bridgehead atoms. The van der Waals surface area contributed by atoms with Crippen LogP contribution in [0.15, 0.2) is 48.7 Å². The largest absolute Gasteiger partial charge is 0.472 e. The van der Waals surface area contributed by atoms with Crippen molar-refractivity contribution in [1.29, 1.82) is 0 Å². The molecule has 1 aromatic carbocycles. The Morgan fingerprint density at radius 2 is 1.82 bits per heavy atom. The average molecular weight is 377 g/mol. The van der Waals surface area contributed by atoms with E-state index < -0.39 is 0 Å². The third kappa shape index (κ3) is 3.71. The van der Waals surface area contributed by atoms with Crippen LogP contribution in [0.4, 0.5) is 5.69 Å². The van der Waals surface area contributed by atoms with Gasteiger partial charge < -0.3 is 14.5 Å². The highest BCUT2D eigenvalue weighted by Gasteiger charge is 2.35. The van der Waals surface area contributed by atoms with Gasteiger partial charge in [-0.15, -0.1) is 0 Å². The van der Waals surface area contributed by atoms with E-state index in [0.29, 0.717) is 18.3 Å². The van der Waals surface area contributed by atoms with E-state index in [9.17, 15) is 4.79 Å². The van der Waals surface area contributed by atoms with E-state index in [-0.39, 0.29) is 17.9 Å². The molecule has 0 N–H and O–H groups in total. The fourth-order valence-electron chi connectivity index (χ4n) is 4.41. The maximum atomic E-state index is 13.0. The van der Waals surface area contributed by atoms with E-state index in [1.165, 1.54) is 24.1 Å². The van der Waals surface area contributed by atoms with Gasteiger partial charge in [0.1, 0.15) is 6.10 Å². The van der Waals surface area contributed by atoms with Crippen molar-refractivity contribution in [3.8, 4) is 5.88 Å². The zero-order valence-corrected chi connectivity index (χ0v) is 16.2. The number of hydrogen-bond acceptors (Lipinski definition) is 4. The van der Waals surface area contributed by atoms with Crippen molar-refractivity contribution in [1.82, 2.24) is 9.88 Å². The number of para-hydroxylation sites is 1. The summed E-state index contributed by atoms with van der Waals surface area (Å²) in [5.41, 5.74) is 2.53. The van der Waals surface area contributed by atoms with Crippen molar-refractivity contribution < 1.29 is 9.53 Å². The second-order valence-electron chi connectivity index (χ2n) is 8.28. The number of carbonyl (C=O) groups is 1. The molecule has 3 heterocycles. The molecule has 146 valence electrons. The van der Waals surface area contributed by atoms with Crippen molar-refractivity contribution >= 4 is 11.6 Å². The fourth-order valence-corrected chi connectivity index (χ4v) is 4.41. The number of anilines is 1. The van der Waals surface area contributed by atoms with E-state index in [4.69, 9.17) is 4.74 Å². The average Bonchev–Trinajstić information content (AvgIpc) is 3.28. The van der Waals surface area contributed by atoms with Crippen LogP contribution in [0.25, 0.3) is 0 Å². The smallest absolute Gasteiger partial charge is 0.227 e. The van der Waals surface area contributed by atoms with Crippen LogP contribution < -0.4 is 9.64 Å². The minimum Gasteiger partial charge on any atom is -0.472 e. The van der Waals surface area contributed by atoms with E-state index in [2.05, 4.69) is 40.2 Å². The van der Waals surface area contributed by atoms with Gasteiger partial charge in [-0.25, -0.2) is 4.98 Å². The second kappa shape index (κ2) is 7.46. The predicted octanol–water partition coefficient (Wildman–Crippen LogP) is 3.47. The van der Waals surface area contributed by atoms with Gasteiger partial charge in [-0.3, -0.25) is 4.79 Å². The first-order valence-corrected chi connectivity index (χ1v) is 10.5. The first-order chi connectivity index (χ1) is 13.8. The molecule has 5 rings (SSSR count). The molecule has 5 heteroatoms. The van der Waals surface area contributed by atoms with Gasteiger partial charge in [-0.1, -0.05) is 24.3 Å². The number of ether oxygens (including phenoxy) is 1. The topological polar surface area (TPSA) is 45.7 Å². The van der Waals surface area contributed by atoms with Gasteiger partial charge in [0.25, 0.3) is 0 Å². The van der Waals surface area contributed by atoms with Gasteiger partial charge in [0, 0.05) is 44.0 Å². The van der Waals surface area contributed by atoms with Gasteiger partial charge in [0.2, 0.25) is 11.8 Å². The Hall–Kier alpha value is -2.56. The molecule has 2 aliphatic heterocycles. The van der Waals surface area contributed by atoms with Gasteiger partial charge >= 0.3 is 0 Å². The molecule has 5 nitrogen and oxygen atoms in total. The third-order valence-electron chi connectivity index (χ3n) is 6.21. The molecule has 3 fully saturated rings. The van der Waals surface area contributed by atoms with Crippen LogP contribution in [-0.2, 0) is 4.79 Å². The number of likely N-dealkylation sites (tertiary alicyclic amines) is 1. The lowest BCUT2D eigenvalue weighted by atomic mass is 10.1. The zero-order valence-electron chi connectivity index (χ0n) is 16.2. The second-order valence-corrected chi connectivity index (χ2v) is 8.28. The summed E-state index contributed by atoms with van der Waals surface area (Å²) in [6, 6.07) is 14.5. The molecule has 2 aromatic rings. The summed E-state index contributed by atoms with van der Waals surface area (Å²) < 4.78 is 6.05. The molecular weight excluding hydrogens is 350 g/mol. The molecule has 1 aliphatic carbocycles. The van der Waals surface area contributed by atoms with Crippen molar-refractivity contribution in [2.24, 2.45) is 5.92 Å². The molecule has 2 saturated heterocycles. The van der Waals surface area contributed by atoms with E-state index in [0.717, 1.165) is 32.5 Å². The summed E-state index contributed by atoms with van der Waals surface area (Å²) in [7, 11) is 0. The Balaban J connectivity index is 1.14. The number of pyridine rings is 1. The van der Waals surface area contributed by atoms with Crippen molar-refractivity contribution in [3.63, 3.8) is 0 Å². The van der Waals surface area contributed by atoms with Crippen LogP contribution in [0, 0.1) is 5.92 Å². The molecule has 0 spiro atoms. The number of rotatable bonds is 5. The molecule has 2 atom stereocenters. The number of benzene rings is 1. The van der Waals surface area contributed by atoms with Crippen molar-refractivity contribution in [2.75, 3.05) is 31.1 Å². The fraction of sp³-hybridized carbons (Fsp3) is 0.478. The van der Waals surface area contributed by atoms with Crippen molar-refractivity contribution in [2.45, 2.75) is 37.7 Å². The normalized spacial score (nSPS) is 24.6. The lowest BCUT2D eigenvalue weighted by Gasteiger charge is -2.22. The zero-order chi connectivity index (χ0) is 18.9. The maximum absolute atomic E-state index is 13.0. The number of hydrogen-bond donors (Lipinski definition) is 0. The van der Waals surface area contributed by atoms with Crippen molar-refractivity contribution in [3.05, 3.63) is 54.2 Å². The Bertz CT molecular complexity index is 820. The van der Waals surface area contributed by atoms with Gasteiger partial charge in [-0.05, 0) is 42.9 Å². The van der Waals surface area contributed by atoms with Crippen LogP contribution in [0.2, 0.25) is 0 Å². The lowest BCUT2D eigenvalue weighted by Crippen LogP contribution is -2.37. The van der Waals surface area contributed by atoms with Crippen LogP contribution in [-0.4, -0.2) is 48.1 Å². The minimum atomic E-state index is 0.0508. The number of aromatic nitrogens is 1. The molecule has 28 heavy (non-hydrogen) atoms. The van der Waals surface area contributed by atoms with E-state index in [1.54, 1.807) is 0 Å². The molecule has 0 radical (unpaired) electrons. The summed E-state index contributed by atoms with van der Waals surface area (Å²) >= 11 is 0. The third-order valence-corrected chi connectivity index (χ3v) is 6.21. The van der Waals surface area contributed by atoms with Gasteiger partial charge in [-0.2, -0.15) is 0 Å². The van der Waals surface area contributed by atoms with Crippen LogP contribution in [0.5, 0.6) is 5.88 Å². The number of carbonyl (C=O) groups excluding carboxylic acids is 1. The molecule has 1 amide bonds. The van der Waals surface area contributed by atoms with Crippen LogP contribution in [0.1, 0.15) is 37.2 Å². The lowest BCUT2D eigenvalue weighted by molar-refractivity contribution is -0.134. The number of amides is 1. The van der Waals surface area contributed by atoms with E-state index >= 15 is 0 Å². The highest BCUT2D eigenvalue weighted by Crippen LogP contribution is 2.40. The molecule has 1 saturated carbocycles. The first-order valence-electron chi connectivity index (χ1n) is 10.5. The molecular formula is C23H27N3O2. The SMILES string of the molecule is O=C(C1CCN(c2ccccc2)C1)N1CCC(Oc2ccc(C3CC3)cn2)C1. The van der Waals surface area contributed by atoms with Gasteiger partial charge in [0.15, 0.2) is 0 Å². The summed E-state index contributed by atoms with van der Waals surface area (Å²) in [4.78, 5) is 21.7. The summed E-state index contributed by atoms with van der Waals surface area (Å²) in [6.45, 7) is 3.22. The summed E-state index contributed by atoms with van der Waals surface area (Å²) in [5.74, 6) is 1.76. The van der Waals surface area contributed by atoms with E-state index in [1.807, 2.05) is 23.2 Å². The Labute approximate surface area is 166 Å². The summed E-state index contributed by atoms with van der Waals surface area (Å²) in [6.07, 6.45) is 6.37. The molecule has 3 aliphatic rings. The summed E-state index contributed by atoms with van der Waals surface area (Å²) in [5, 5.41) is 0. The highest BCUT2D eigenvalue weighted by atomic mass is 16.5. The highest BCUT2D eigenvalue weighted by molar-refractivity contribution is 5.80. The van der Waals surface area contributed by atoms with Gasteiger partial charge in [0.05, 0.1) is 12.5 Å². The maximum Gasteiger partial charge on any atom is 0.227 e. The predicted molar refractivity (Wildman–Crippen MR) is 109 cm³/mol. The quantitative estimate of drug-likeness (QED) is 0.800. The Morgan fingerprint density at radius 1 is 0.964 bits per heavy atom. The monoisotopic (exact) mass is 377 g/mol. The molecule has 1 aromatic heterocycles. The van der Waals surface area contributed by atoms with Crippen LogP contribution >= 0.6 is 0 Å². The van der Waals surface area contributed by atoms with Crippen LogP contribution in [0.3, 0.4) is 0 Å². The standard InChI is InChI=1S/C23H27N3O2/c27-23(19-10-12-25(15-19)20-4-2-1-3-5-20)26-13-11-21(16-26)28-22-9-8-18(14-24-22)17-6-7-17/h1-5,8-9,14,17,19,21H,6-7,10-13,15-16H2. The Morgan fingerprint density at radius 3 is 2.57 bits per heavy atom. The minimum absolute atomic E-state index is 0.0508. The number of nitrogens with zero attached hydrogens (tertiary/aromatic N) is 3. The first kappa shape index (κ1) is 17.5.